The number of rotatable bonds is 5. The van der Waals surface area contributed by atoms with Gasteiger partial charge in [-0.1, -0.05) is 25.5 Å². The molecule has 0 aliphatic rings. The van der Waals surface area contributed by atoms with Crippen LogP contribution in [0.15, 0.2) is 24.3 Å². The molecule has 92 valence electrons. The van der Waals surface area contributed by atoms with E-state index in [-0.39, 0.29) is 11.8 Å². The third-order valence-corrected chi connectivity index (χ3v) is 2.30. The van der Waals surface area contributed by atoms with Gasteiger partial charge in [-0.25, -0.2) is 0 Å². The topological polar surface area (TPSA) is 58.2 Å². The van der Waals surface area contributed by atoms with Crippen LogP contribution in [0.3, 0.4) is 0 Å². The van der Waals surface area contributed by atoms with Gasteiger partial charge < -0.3 is 10.6 Å². The predicted molar refractivity (Wildman–Crippen MR) is 68.0 cm³/mol. The molecule has 1 rings (SSSR count). The average molecular weight is 234 g/mol. The van der Waals surface area contributed by atoms with E-state index in [0.29, 0.717) is 17.8 Å². The van der Waals surface area contributed by atoms with E-state index in [4.69, 9.17) is 0 Å². The van der Waals surface area contributed by atoms with E-state index in [1.54, 1.807) is 24.3 Å². The number of unbranched alkanes of at least 4 members (excludes halogenated alkanes) is 1. The number of amides is 2. The molecule has 0 aliphatic heterocycles. The van der Waals surface area contributed by atoms with Crippen molar-refractivity contribution in [2.45, 2.75) is 26.7 Å². The van der Waals surface area contributed by atoms with Crippen molar-refractivity contribution >= 4 is 17.5 Å². The Labute approximate surface area is 101 Å². The van der Waals surface area contributed by atoms with Crippen LogP contribution < -0.4 is 10.6 Å². The zero-order valence-electron chi connectivity index (χ0n) is 10.2. The van der Waals surface area contributed by atoms with Crippen molar-refractivity contribution in [3.8, 4) is 0 Å². The summed E-state index contributed by atoms with van der Waals surface area (Å²) in [5, 5.41) is 5.47. The summed E-state index contributed by atoms with van der Waals surface area (Å²) in [5.74, 6) is -0.332. The minimum absolute atomic E-state index is 0.150. The second-order valence-corrected chi connectivity index (χ2v) is 3.84. The lowest BCUT2D eigenvalue weighted by molar-refractivity contribution is -0.114. The van der Waals surface area contributed by atoms with E-state index < -0.39 is 0 Å². The van der Waals surface area contributed by atoms with Gasteiger partial charge in [0.2, 0.25) is 5.91 Å². The fourth-order valence-electron chi connectivity index (χ4n) is 1.45. The molecule has 4 heteroatoms. The van der Waals surface area contributed by atoms with Crippen molar-refractivity contribution in [2.75, 3.05) is 11.9 Å². The molecule has 17 heavy (non-hydrogen) atoms. The molecular weight excluding hydrogens is 216 g/mol. The number of hydrogen-bond acceptors (Lipinski definition) is 2. The van der Waals surface area contributed by atoms with Crippen molar-refractivity contribution < 1.29 is 9.59 Å². The molecule has 0 unspecified atom stereocenters. The maximum absolute atomic E-state index is 11.9. The molecule has 1 aromatic rings. The van der Waals surface area contributed by atoms with Crippen LogP contribution >= 0.6 is 0 Å². The van der Waals surface area contributed by atoms with Gasteiger partial charge in [0.15, 0.2) is 0 Å². The SMILES string of the molecule is CCCCNC(=O)c1ccccc1NC(C)=O. The zero-order valence-corrected chi connectivity index (χ0v) is 10.2. The first kappa shape index (κ1) is 13.2. The van der Waals surface area contributed by atoms with Crippen molar-refractivity contribution in [3.05, 3.63) is 29.8 Å². The summed E-state index contributed by atoms with van der Waals surface area (Å²) in [7, 11) is 0. The summed E-state index contributed by atoms with van der Waals surface area (Å²) < 4.78 is 0. The second-order valence-electron chi connectivity index (χ2n) is 3.84. The predicted octanol–water partition coefficient (Wildman–Crippen LogP) is 2.17. The molecule has 0 saturated heterocycles. The van der Waals surface area contributed by atoms with Gasteiger partial charge in [0.1, 0.15) is 0 Å². The maximum atomic E-state index is 11.9. The number of carbonyl (C=O) groups is 2. The van der Waals surface area contributed by atoms with Crippen molar-refractivity contribution in [2.24, 2.45) is 0 Å². The Morgan fingerprint density at radius 3 is 2.59 bits per heavy atom. The van der Waals surface area contributed by atoms with Gasteiger partial charge in [0.25, 0.3) is 5.91 Å². The molecule has 0 aliphatic carbocycles. The van der Waals surface area contributed by atoms with E-state index in [1.807, 2.05) is 0 Å². The molecule has 1 aromatic carbocycles. The smallest absolute Gasteiger partial charge is 0.253 e. The quantitative estimate of drug-likeness (QED) is 0.767. The largest absolute Gasteiger partial charge is 0.352 e. The van der Waals surface area contributed by atoms with Gasteiger partial charge in [0.05, 0.1) is 11.3 Å². The third-order valence-electron chi connectivity index (χ3n) is 2.30. The third kappa shape index (κ3) is 4.26. The highest BCUT2D eigenvalue weighted by atomic mass is 16.2. The number of anilines is 1. The van der Waals surface area contributed by atoms with E-state index >= 15 is 0 Å². The van der Waals surface area contributed by atoms with Crippen molar-refractivity contribution in [3.63, 3.8) is 0 Å². The maximum Gasteiger partial charge on any atom is 0.253 e. The van der Waals surface area contributed by atoms with Gasteiger partial charge >= 0.3 is 0 Å². The highest BCUT2D eigenvalue weighted by molar-refractivity contribution is 6.03. The lowest BCUT2D eigenvalue weighted by Gasteiger charge is -2.09. The van der Waals surface area contributed by atoms with E-state index in [9.17, 15) is 9.59 Å². The summed E-state index contributed by atoms with van der Waals surface area (Å²) in [4.78, 5) is 22.9. The summed E-state index contributed by atoms with van der Waals surface area (Å²) in [5.41, 5.74) is 1.05. The van der Waals surface area contributed by atoms with E-state index in [1.165, 1.54) is 6.92 Å². The Morgan fingerprint density at radius 1 is 1.24 bits per heavy atom. The normalized spacial score (nSPS) is 9.76. The zero-order chi connectivity index (χ0) is 12.7. The molecule has 2 N–H and O–H groups in total. The first-order chi connectivity index (χ1) is 8.15. The molecule has 0 aromatic heterocycles. The molecule has 0 spiro atoms. The highest BCUT2D eigenvalue weighted by Gasteiger charge is 2.10. The van der Waals surface area contributed by atoms with Crippen LogP contribution in [0.25, 0.3) is 0 Å². The van der Waals surface area contributed by atoms with Crippen LogP contribution in [0.4, 0.5) is 5.69 Å². The molecule has 4 nitrogen and oxygen atoms in total. The first-order valence-electron chi connectivity index (χ1n) is 5.80. The van der Waals surface area contributed by atoms with Crippen LogP contribution in [0.1, 0.15) is 37.0 Å². The summed E-state index contributed by atoms with van der Waals surface area (Å²) >= 11 is 0. The first-order valence-corrected chi connectivity index (χ1v) is 5.80. The fourth-order valence-corrected chi connectivity index (χ4v) is 1.45. The number of nitrogens with one attached hydrogen (secondary N) is 2. The van der Waals surface area contributed by atoms with Gasteiger partial charge in [-0.15, -0.1) is 0 Å². The molecule has 0 bridgehead atoms. The van der Waals surface area contributed by atoms with Crippen LogP contribution in [-0.2, 0) is 4.79 Å². The van der Waals surface area contributed by atoms with Crippen LogP contribution in [-0.4, -0.2) is 18.4 Å². The van der Waals surface area contributed by atoms with Gasteiger partial charge in [0, 0.05) is 13.5 Å². The molecule has 0 atom stereocenters. The molecule has 0 radical (unpaired) electrons. The van der Waals surface area contributed by atoms with Gasteiger partial charge in [-0.2, -0.15) is 0 Å². The number of carbonyl (C=O) groups excluding carboxylic acids is 2. The molecule has 0 saturated carbocycles. The second kappa shape index (κ2) is 6.68. The molecule has 2 amide bonds. The lowest BCUT2D eigenvalue weighted by Crippen LogP contribution is -2.25. The Morgan fingerprint density at radius 2 is 1.94 bits per heavy atom. The molecular formula is C13H18N2O2. The lowest BCUT2D eigenvalue weighted by atomic mass is 10.1. The standard InChI is InChI=1S/C13H18N2O2/c1-3-4-9-14-13(17)11-7-5-6-8-12(11)15-10(2)16/h5-8H,3-4,9H2,1-2H3,(H,14,17)(H,15,16). The summed E-state index contributed by atoms with van der Waals surface area (Å²) in [6.45, 7) is 4.15. The number of benzene rings is 1. The Bertz CT molecular complexity index is 402. The molecule has 0 heterocycles. The van der Waals surface area contributed by atoms with Crippen molar-refractivity contribution in [1.82, 2.24) is 5.32 Å². The van der Waals surface area contributed by atoms with E-state index in [2.05, 4.69) is 17.6 Å². The van der Waals surface area contributed by atoms with Crippen molar-refractivity contribution in [1.29, 1.82) is 0 Å². The number of para-hydroxylation sites is 1. The monoisotopic (exact) mass is 234 g/mol. The summed E-state index contributed by atoms with van der Waals surface area (Å²) in [6, 6.07) is 6.98. The van der Waals surface area contributed by atoms with Gasteiger partial charge in [-0.3, -0.25) is 9.59 Å². The van der Waals surface area contributed by atoms with Crippen LogP contribution in [0.5, 0.6) is 0 Å². The average Bonchev–Trinajstić information content (AvgIpc) is 2.29. The number of hydrogen-bond donors (Lipinski definition) is 2. The summed E-state index contributed by atoms with van der Waals surface area (Å²) in [6.07, 6.45) is 1.99. The minimum Gasteiger partial charge on any atom is -0.352 e. The van der Waals surface area contributed by atoms with Crippen LogP contribution in [0, 0.1) is 0 Å². The minimum atomic E-state index is -0.182. The Kier molecular flexibility index (Phi) is 5.20. The Balaban J connectivity index is 2.74. The molecule has 0 fully saturated rings. The highest BCUT2D eigenvalue weighted by Crippen LogP contribution is 2.14. The van der Waals surface area contributed by atoms with Crippen LogP contribution in [0.2, 0.25) is 0 Å². The van der Waals surface area contributed by atoms with E-state index in [0.717, 1.165) is 12.8 Å². The fraction of sp³-hybridized carbons (Fsp3) is 0.385. The van der Waals surface area contributed by atoms with Gasteiger partial charge in [-0.05, 0) is 18.6 Å². The Hall–Kier alpha value is -1.84.